The van der Waals surface area contributed by atoms with E-state index in [-0.39, 0.29) is 0 Å². The molecule has 232 valence electrons. The van der Waals surface area contributed by atoms with Crippen LogP contribution in [0.1, 0.15) is 49.7 Å². The van der Waals surface area contributed by atoms with Gasteiger partial charge in [0.25, 0.3) is 0 Å². The molecule has 48 heavy (non-hydrogen) atoms. The Balaban J connectivity index is 1.15. The van der Waals surface area contributed by atoms with E-state index in [1.165, 1.54) is 44.1 Å². The number of benzene rings is 5. The highest BCUT2D eigenvalue weighted by Gasteiger charge is 2.51. The molecule has 1 aromatic heterocycles. The van der Waals surface area contributed by atoms with Crippen molar-refractivity contribution < 1.29 is 0 Å². The van der Waals surface area contributed by atoms with Crippen LogP contribution in [-0.2, 0) is 5.41 Å². The van der Waals surface area contributed by atoms with E-state index in [1.54, 1.807) is 0 Å². The summed E-state index contributed by atoms with van der Waals surface area (Å²) in [6.07, 6.45) is 8.41. The normalized spacial score (nSPS) is 22.4. The zero-order valence-electron chi connectivity index (χ0n) is 26.9. The lowest BCUT2D eigenvalue weighted by molar-refractivity contribution is -0.00518. The third kappa shape index (κ3) is 5.11. The fourth-order valence-electron chi connectivity index (χ4n) is 9.42. The summed E-state index contributed by atoms with van der Waals surface area (Å²) in [6, 6.07) is 46.2. The van der Waals surface area contributed by atoms with E-state index in [2.05, 4.69) is 84.9 Å². The Morgan fingerprint density at radius 2 is 0.979 bits per heavy atom. The minimum atomic E-state index is 0.353. The summed E-state index contributed by atoms with van der Waals surface area (Å²) >= 11 is 0. The number of nitriles is 1. The summed E-state index contributed by atoms with van der Waals surface area (Å²) in [5, 5.41) is 9.59. The van der Waals surface area contributed by atoms with Crippen molar-refractivity contribution in [1.82, 2.24) is 15.0 Å². The Morgan fingerprint density at radius 3 is 1.60 bits per heavy atom. The van der Waals surface area contributed by atoms with Crippen molar-refractivity contribution in [3.8, 4) is 62.5 Å². The van der Waals surface area contributed by atoms with Crippen molar-refractivity contribution >= 4 is 0 Å². The first-order valence-electron chi connectivity index (χ1n) is 17.3. The van der Waals surface area contributed by atoms with E-state index >= 15 is 0 Å². The van der Waals surface area contributed by atoms with Gasteiger partial charge < -0.3 is 0 Å². The summed E-state index contributed by atoms with van der Waals surface area (Å²) in [7, 11) is 0. The molecule has 0 unspecified atom stereocenters. The van der Waals surface area contributed by atoms with Crippen LogP contribution in [0.5, 0.6) is 0 Å². The average molecular weight is 621 g/mol. The minimum Gasteiger partial charge on any atom is -0.208 e. The fraction of sp³-hybridized carbons (Fsp3) is 0.227. The van der Waals surface area contributed by atoms with Gasteiger partial charge in [0.05, 0.1) is 11.6 Å². The SMILES string of the molecule is N#Cc1cccc(-c2ccccc2-c2ccccc2-c2nc(-c3ccccc3)nc(-c3ccc(C45C[C@H]6C[C@H](C4)C[C@@H](C5)C6)cc3)n2)c1. The van der Waals surface area contributed by atoms with Gasteiger partial charge >= 0.3 is 0 Å². The first-order chi connectivity index (χ1) is 23.6. The molecule has 0 N–H and O–H groups in total. The van der Waals surface area contributed by atoms with Gasteiger partial charge in [-0.3, -0.25) is 0 Å². The van der Waals surface area contributed by atoms with Crippen LogP contribution in [0.25, 0.3) is 56.4 Å². The summed E-state index contributed by atoms with van der Waals surface area (Å²) in [6.45, 7) is 0. The van der Waals surface area contributed by atoms with Crippen LogP contribution in [0.15, 0.2) is 127 Å². The Hall–Kier alpha value is -5.40. The molecule has 10 rings (SSSR count). The van der Waals surface area contributed by atoms with Crippen molar-refractivity contribution in [2.45, 2.75) is 43.9 Å². The van der Waals surface area contributed by atoms with Crippen molar-refractivity contribution in [3.63, 3.8) is 0 Å². The third-order valence-corrected chi connectivity index (χ3v) is 11.1. The predicted octanol–water partition coefficient (Wildman–Crippen LogP) is 10.5. The predicted molar refractivity (Wildman–Crippen MR) is 192 cm³/mol. The molecule has 0 amide bonds. The smallest absolute Gasteiger partial charge is 0.164 e. The lowest BCUT2D eigenvalue weighted by atomic mass is 9.48. The number of hydrogen-bond acceptors (Lipinski definition) is 4. The molecular weight excluding hydrogens is 585 g/mol. The van der Waals surface area contributed by atoms with Crippen molar-refractivity contribution in [2.75, 3.05) is 0 Å². The van der Waals surface area contributed by atoms with Gasteiger partial charge in [-0.05, 0) is 102 Å². The van der Waals surface area contributed by atoms with Crippen LogP contribution in [0.3, 0.4) is 0 Å². The Labute approximate surface area is 282 Å². The second kappa shape index (κ2) is 11.7. The summed E-state index contributed by atoms with van der Waals surface area (Å²) < 4.78 is 0. The van der Waals surface area contributed by atoms with Gasteiger partial charge in [-0.1, -0.05) is 115 Å². The van der Waals surface area contributed by atoms with Crippen LogP contribution < -0.4 is 0 Å². The minimum absolute atomic E-state index is 0.353. The standard InChI is InChI=1S/C44H36N4/c45-28-29-9-8-12-35(24-29)37-13-4-5-14-38(37)39-15-6-7-16-40(39)43-47-41(33-10-2-1-3-11-33)46-42(48-43)34-17-19-36(20-18-34)44-25-30-21-31(26-44)23-32(22-30)27-44/h1-20,24,30-32H,21-23,25-27H2/t30-,31-,32-,44?. The lowest BCUT2D eigenvalue weighted by Gasteiger charge is -2.57. The highest BCUT2D eigenvalue weighted by molar-refractivity contribution is 5.90. The zero-order valence-corrected chi connectivity index (χ0v) is 26.9. The van der Waals surface area contributed by atoms with Crippen LogP contribution in [-0.4, -0.2) is 15.0 Å². The largest absolute Gasteiger partial charge is 0.208 e. The van der Waals surface area contributed by atoms with E-state index in [0.29, 0.717) is 28.5 Å². The Morgan fingerprint density at radius 1 is 0.479 bits per heavy atom. The molecule has 4 fully saturated rings. The lowest BCUT2D eigenvalue weighted by Crippen LogP contribution is -2.48. The molecule has 4 saturated carbocycles. The van der Waals surface area contributed by atoms with Crippen molar-refractivity contribution in [3.05, 3.63) is 139 Å². The van der Waals surface area contributed by atoms with Crippen molar-refractivity contribution in [1.29, 1.82) is 5.26 Å². The van der Waals surface area contributed by atoms with Crippen LogP contribution in [0.4, 0.5) is 0 Å². The number of nitrogens with zero attached hydrogens (tertiary/aromatic N) is 4. The quantitative estimate of drug-likeness (QED) is 0.186. The highest BCUT2D eigenvalue weighted by atomic mass is 15.0. The molecule has 0 spiro atoms. The van der Waals surface area contributed by atoms with E-state index in [9.17, 15) is 5.26 Å². The van der Waals surface area contributed by atoms with Gasteiger partial charge in [-0.25, -0.2) is 15.0 Å². The van der Waals surface area contributed by atoms with Crippen LogP contribution in [0.2, 0.25) is 0 Å². The Bertz CT molecular complexity index is 2140. The second-order valence-corrected chi connectivity index (χ2v) is 14.2. The highest BCUT2D eigenvalue weighted by Crippen LogP contribution is 2.60. The summed E-state index contributed by atoms with van der Waals surface area (Å²) in [5.41, 5.74) is 9.55. The molecule has 4 bridgehead atoms. The third-order valence-electron chi connectivity index (χ3n) is 11.1. The number of hydrogen-bond donors (Lipinski definition) is 0. The second-order valence-electron chi connectivity index (χ2n) is 14.2. The zero-order chi connectivity index (χ0) is 32.1. The summed E-state index contributed by atoms with van der Waals surface area (Å²) in [4.78, 5) is 15.3. The summed E-state index contributed by atoms with van der Waals surface area (Å²) in [5.74, 6) is 4.72. The first kappa shape index (κ1) is 28.8. The molecule has 0 saturated heterocycles. The van der Waals surface area contributed by atoms with E-state index in [0.717, 1.165) is 56.7 Å². The van der Waals surface area contributed by atoms with Gasteiger partial charge in [-0.2, -0.15) is 5.26 Å². The van der Waals surface area contributed by atoms with Crippen molar-refractivity contribution in [2.24, 2.45) is 17.8 Å². The van der Waals surface area contributed by atoms with Gasteiger partial charge in [0.15, 0.2) is 17.5 Å². The van der Waals surface area contributed by atoms with Gasteiger partial charge in [0.1, 0.15) is 0 Å². The number of rotatable bonds is 6. The topological polar surface area (TPSA) is 62.5 Å². The maximum atomic E-state index is 9.59. The van der Waals surface area contributed by atoms with Gasteiger partial charge in [0.2, 0.25) is 0 Å². The average Bonchev–Trinajstić information content (AvgIpc) is 3.14. The molecular formula is C44H36N4. The van der Waals surface area contributed by atoms with E-state index in [4.69, 9.17) is 15.0 Å². The van der Waals surface area contributed by atoms with Crippen LogP contribution >= 0.6 is 0 Å². The molecule has 4 aliphatic carbocycles. The molecule has 1 heterocycles. The molecule has 5 aromatic carbocycles. The van der Waals surface area contributed by atoms with Gasteiger partial charge in [-0.15, -0.1) is 0 Å². The molecule has 0 atom stereocenters. The maximum Gasteiger partial charge on any atom is 0.164 e. The fourth-order valence-corrected chi connectivity index (χ4v) is 9.42. The molecule has 4 aliphatic rings. The van der Waals surface area contributed by atoms with Gasteiger partial charge in [0, 0.05) is 16.7 Å². The van der Waals surface area contributed by atoms with E-state index < -0.39 is 0 Å². The first-order valence-corrected chi connectivity index (χ1v) is 17.3. The Kier molecular flexibility index (Phi) is 7.01. The van der Waals surface area contributed by atoms with Crippen LogP contribution in [0, 0.1) is 29.1 Å². The molecule has 4 nitrogen and oxygen atoms in total. The monoisotopic (exact) mass is 620 g/mol. The molecule has 4 heteroatoms. The molecule has 0 radical (unpaired) electrons. The molecule has 6 aromatic rings. The van der Waals surface area contributed by atoms with E-state index in [1.807, 2.05) is 48.5 Å². The molecule has 0 aliphatic heterocycles. The number of aromatic nitrogens is 3. The maximum absolute atomic E-state index is 9.59.